The van der Waals surface area contributed by atoms with Crippen LogP contribution in [0, 0.1) is 0 Å². The van der Waals surface area contributed by atoms with Crippen molar-refractivity contribution in [2.75, 3.05) is 20.8 Å². The molecule has 0 amide bonds. The van der Waals surface area contributed by atoms with Crippen molar-refractivity contribution in [2.45, 2.75) is 32.0 Å². The van der Waals surface area contributed by atoms with E-state index in [-0.39, 0.29) is 6.10 Å². The van der Waals surface area contributed by atoms with Crippen molar-refractivity contribution < 1.29 is 9.47 Å². The molecule has 0 saturated carbocycles. The van der Waals surface area contributed by atoms with Crippen molar-refractivity contribution in [3.05, 3.63) is 29.3 Å². The molecular formula is C15H22N2O2S. The summed E-state index contributed by atoms with van der Waals surface area (Å²) in [5.41, 5.74) is 7.72. The van der Waals surface area contributed by atoms with Gasteiger partial charge in [-0.05, 0) is 38.1 Å². The monoisotopic (exact) mass is 294 g/mol. The molecule has 1 heterocycles. The standard InChI is InChI=1S/C15H22N2O2S/c1-10-13(6-7-19-10)17(2)9-11-4-5-14(18-3)12(8-11)15(16)20/h4-5,8,10,13H,6-7,9H2,1-3H3,(H2,16,20). The van der Waals surface area contributed by atoms with Crippen LogP contribution in [0.3, 0.4) is 0 Å². The summed E-state index contributed by atoms with van der Waals surface area (Å²) in [5, 5.41) is 0. The number of benzene rings is 1. The van der Waals surface area contributed by atoms with Crippen molar-refractivity contribution >= 4 is 17.2 Å². The van der Waals surface area contributed by atoms with Gasteiger partial charge in [-0.25, -0.2) is 0 Å². The first-order valence-corrected chi connectivity index (χ1v) is 7.22. The number of ether oxygens (including phenoxy) is 2. The molecule has 5 heteroatoms. The second kappa shape index (κ2) is 6.52. The van der Waals surface area contributed by atoms with Crippen LogP contribution in [0.2, 0.25) is 0 Å². The molecule has 0 bridgehead atoms. The number of rotatable bonds is 5. The van der Waals surface area contributed by atoms with Crippen LogP contribution in [0.5, 0.6) is 5.75 Å². The highest BCUT2D eigenvalue weighted by atomic mass is 32.1. The Kier molecular flexibility index (Phi) is 4.96. The second-order valence-electron chi connectivity index (χ2n) is 5.25. The van der Waals surface area contributed by atoms with Gasteiger partial charge in [-0.15, -0.1) is 0 Å². The maximum Gasteiger partial charge on any atom is 0.129 e. The minimum atomic E-state index is 0.285. The van der Waals surface area contributed by atoms with Gasteiger partial charge in [0.1, 0.15) is 10.7 Å². The number of nitrogens with two attached hydrogens (primary N) is 1. The van der Waals surface area contributed by atoms with E-state index in [2.05, 4.69) is 24.9 Å². The molecule has 1 aliphatic rings. The van der Waals surface area contributed by atoms with Gasteiger partial charge in [0.2, 0.25) is 0 Å². The SMILES string of the molecule is COc1ccc(CN(C)C2CCOC2C)cc1C(N)=S. The molecule has 1 aromatic rings. The van der Waals surface area contributed by atoms with Gasteiger partial charge in [0.25, 0.3) is 0 Å². The Morgan fingerprint density at radius 2 is 2.30 bits per heavy atom. The first-order valence-electron chi connectivity index (χ1n) is 6.81. The lowest BCUT2D eigenvalue weighted by atomic mass is 10.1. The third kappa shape index (κ3) is 3.29. The first kappa shape index (κ1) is 15.2. The number of nitrogens with zero attached hydrogens (tertiary/aromatic N) is 1. The van der Waals surface area contributed by atoms with Crippen LogP contribution >= 0.6 is 12.2 Å². The topological polar surface area (TPSA) is 47.7 Å². The molecular weight excluding hydrogens is 272 g/mol. The van der Waals surface area contributed by atoms with E-state index in [1.165, 1.54) is 5.56 Å². The molecule has 1 saturated heterocycles. The Bertz CT molecular complexity index is 493. The summed E-state index contributed by atoms with van der Waals surface area (Å²) >= 11 is 5.08. The van der Waals surface area contributed by atoms with Crippen LogP contribution in [0.4, 0.5) is 0 Å². The molecule has 2 N–H and O–H groups in total. The zero-order valence-corrected chi connectivity index (χ0v) is 13.1. The van der Waals surface area contributed by atoms with Crippen molar-refractivity contribution in [3.8, 4) is 5.75 Å². The van der Waals surface area contributed by atoms with E-state index in [1.54, 1.807) is 7.11 Å². The molecule has 2 unspecified atom stereocenters. The van der Waals surface area contributed by atoms with Crippen LogP contribution in [0.15, 0.2) is 18.2 Å². The maximum absolute atomic E-state index is 5.75. The van der Waals surface area contributed by atoms with E-state index in [9.17, 15) is 0 Å². The summed E-state index contributed by atoms with van der Waals surface area (Å²) in [6.45, 7) is 3.82. The summed E-state index contributed by atoms with van der Waals surface area (Å²) in [4.78, 5) is 2.69. The van der Waals surface area contributed by atoms with Crippen LogP contribution < -0.4 is 10.5 Å². The normalized spacial score (nSPS) is 22.2. The average molecular weight is 294 g/mol. The molecule has 20 heavy (non-hydrogen) atoms. The van der Waals surface area contributed by atoms with Gasteiger partial charge in [-0.2, -0.15) is 0 Å². The van der Waals surface area contributed by atoms with Gasteiger partial charge in [-0.1, -0.05) is 18.3 Å². The quantitative estimate of drug-likeness (QED) is 0.841. The molecule has 0 aromatic heterocycles. The highest BCUT2D eigenvalue weighted by Gasteiger charge is 2.27. The molecule has 0 radical (unpaired) electrons. The Labute approximate surface area is 125 Å². The molecule has 4 nitrogen and oxygen atoms in total. The summed E-state index contributed by atoms with van der Waals surface area (Å²) in [6.07, 6.45) is 1.36. The highest BCUT2D eigenvalue weighted by Crippen LogP contribution is 2.23. The summed E-state index contributed by atoms with van der Waals surface area (Å²) < 4.78 is 10.9. The summed E-state index contributed by atoms with van der Waals surface area (Å²) in [6, 6.07) is 6.45. The predicted molar refractivity (Wildman–Crippen MR) is 84.2 cm³/mol. The van der Waals surface area contributed by atoms with Gasteiger partial charge in [0.05, 0.1) is 18.8 Å². The fourth-order valence-electron chi connectivity index (χ4n) is 2.75. The van der Waals surface area contributed by atoms with Crippen LogP contribution in [-0.2, 0) is 11.3 Å². The van der Waals surface area contributed by atoms with Gasteiger partial charge >= 0.3 is 0 Å². The van der Waals surface area contributed by atoms with E-state index >= 15 is 0 Å². The molecule has 2 atom stereocenters. The average Bonchev–Trinajstić information content (AvgIpc) is 2.85. The third-order valence-corrected chi connectivity index (χ3v) is 4.08. The number of thiocarbonyl (C=S) groups is 1. The van der Waals surface area contributed by atoms with Crippen LogP contribution in [0.25, 0.3) is 0 Å². The number of hydrogen-bond donors (Lipinski definition) is 1. The van der Waals surface area contributed by atoms with E-state index in [4.69, 9.17) is 27.4 Å². The van der Waals surface area contributed by atoms with Crippen molar-refractivity contribution in [2.24, 2.45) is 5.73 Å². The summed E-state index contributed by atoms with van der Waals surface area (Å²) in [5.74, 6) is 0.724. The molecule has 2 rings (SSSR count). The van der Waals surface area contributed by atoms with Crippen molar-refractivity contribution in [3.63, 3.8) is 0 Å². The Hall–Kier alpha value is -1.17. The smallest absolute Gasteiger partial charge is 0.129 e. The van der Waals surface area contributed by atoms with Gasteiger partial charge in [0.15, 0.2) is 0 Å². The van der Waals surface area contributed by atoms with Gasteiger partial charge in [0, 0.05) is 19.2 Å². The van der Waals surface area contributed by atoms with Crippen molar-refractivity contribution in [1.29, 1.82) is 0 Å². The lowest BCUT2D eigenvalue weighted by Crippen LogP contribution is -2.36. The maximum atomic E-state index is 5.75. The van der Waals surface area contributed by atoms with E-state index in [0.717, 1.165) is 30.9 Å². The molecule has 1 aromatic carbocycles. The largest absolute Gasteiger partial charge is 0.496 e. The zero-order valence-electron chi connectivity index (χ0n) is 12.3. The molecule has 0 aliphatic carbocycles. The van der Waals surface area contributed by atoms with Gasteiger partial charge < -0.3 is 15.2 Å². The molecule has 1 aliphatic heterocycles. The lowest BCUT2D eigenvalue weighted by molar-refractivity contribution is 0.0814. The van der Waals surface area contributed by atoms with Crippen LogP contribution in [0.1, 0.15) is 24.5 Å². The first-order chi connectivity index (χ1) is 9.52. The lowest BCUT2D eigenvalue weighted by Gasteiger charge is -2.26. The van der Waals surface area contributed by atoms with Crippen molar-refractivity contribution in [1.82, 2.24) is 4.90 Å². The molecule has 1 fully saturated rings. The Balaban J connectivity index is 2.13. The molecule has 110 valence electrons. The predicted octanol–water partition coefficient (Wildman–Crippen LogP) is 1.94. The number of methoxy groups -OCH3 is 1. The second-order valence-corrected chi connectivity index (χ2v) is 5.69. The number of hydrogen-bond acceptors (Lipinski definition) is 4. The zero-order chi connectivity index (χ0) is 14.7. The van der Waals surface area contributed by atoms with E-state index in [1.807, 2.05) is 12.1 Å². The van der Waals surface area contributed by atoms with E-state index in [0.29, 0.717) is 11.0 Å². The Morgan fingerprint density at radius 1 is 1.55 bits per heavy atom. The molecule has 0 spiro atoms. The minimum absolute atomic E-state index is 0.285. The number of likely N-dealkylation sites (N-methyl/N-ethyl adjacent to an activating group) is 1. The third-order valence-electron chi connectivity index (χ3n) is 3.86. The fraction of sp³-hybridized carbons (Fsp3) is 0.533. The van der Waals surface area contributed by atoms with Gasteiger partial charge in [-0.3, -0.25) is 4.90 Å². The minimum Gasteiger partial charge on any atom is -0.496 e. The van der Waals surface area contributed by atoms with E-state index < -0.39 is 0 Å². The summed E-state index contributed by atoms with van der Waals surface area (Å²) in [7, 11) is 3.75. The Morgan fingerprint density at radius 3 is 2.85 bits per heavy atom. The van der Waals surface area contributed by atoms with Crippen LogP contribution in [-0.4, -0.2) is 42.8 Å². The fourth-order valence-corrected chi connectivity index (χ4v) is 2.91. The highest BCUT2D eigenvalue weighted by molar-refractivity contribution is 7.80.